The van der Waals surface area contributed by atoms with Crippen LogP contribution < -0.4 is 5.73 Å². The molecule has 7 nitrogen and oxygen atoms in total. The number of anilines is 1. The van der Waals surface area contributed by atoms with Crippen LogP contribution in [0.25, 0.3) is 0 Å². The topological polar surface area (TPSA) is 88.0 Å². The lowest BCUT2D eigenvalue weighted by Crippen LogP contribution is -2.15. The first kappa shape index (κ1) is 13.6. The number of carbonyl (C=O) groups excluding carboxylic acids is 1. The first-order chi connectivity index (χ1) is 8.97. The van der Waals surface area contributed by atoms with E-state index in [0.29, 0.717) is 5.82 Å². The van der Waals surface area contributed by atoms with Gasteiger partial charge in [0, 0.05) is 13.2 Å². The van der Waals surface area contributed by atoms with Gasteiger partial charge >= 0.3 is 5.97 Å². The average molecular weight is 328 g/mol. The first-order valence-electron chi connectivity index (χ1n) is 5.60. The van der Waals surface area contributed by atoms with Crippen LogP contribution in [-0.4, -0.2) is 25.5 Å². The van der Waals surface area contributed by atoms with Crippen molar-refractivity contribution in [2.75, 3.05) is 5.73 Å². The molecular weight excluding hydrogens is 314 g/mol. The van der Waals surface area contributed by atoms with Gasteiger partial charge in [-0.25, -0.2) is 0 Å². The highest BCUT2D eigenvalue weighted by molar-refractivity contribution is 9.10. The summed E-state index contributed by atoms with van der Waals surface area (Å²) in [5.41, 5.74) is 7.13. The Bertz CT molecular complexity index is 604. The van der Waals surface area contributed by atoms with Gasteiger partial charge in [0.05, 0.1) is 15.9 Å². The summed E-state index contributed by atoms with van der Waals surface area (Å²) in [6.07, 6.45) is 1.63. The molecule has 2 aromatic rings. The maximum Gasteiger partial charge on any atom is 0.328 e. The number of ether oxygens (including phenoxy) is 1. The number of nitrogens with zero attached hydrogens (tertiary/aromatic N) is 4. The zero-order chi connectivity index (χ0) is 14.0. The summed E-state index contributed by atoms with van der Waals surface area (Å²) in [6, 6.07) is 1.62. The molecule has 0 saturated carbocycles. The second kappa shape index (κ2) is 5.43. The lowest BCUT2D eigenvalue weighted by Gasteiger charge is -2.06. The van der Waals surface area contributed by atoms with Gasteiger partial charge in [-0.1, -0.05) is 0 Å². The minimum Gasteiger partial charge on any atom is -0.458 e. The molecule has 0 aliphatic rings. The van der Waals surface area contributed by atoms with E-state index in [1.807, 2.05) is 6.92 Å². The number of nitrogens with two attached hydrogens (primary N) is 1. The number of carbonyl (C=O) groups is 1. The molecule has 0 spiro atoms. The number of hydrogen-bond acceptors (Lipinski definition) is 5. The van der Waals surface area contributed by atoms with Gasteiger partial charge in [0.2, 0.25) is 0 Å². The number of aromatic nitrogens is 4. The molecule has 0 amide bonds. The number of nitrogen functional groups attached to an aromatic ring is 1. The fourth-order valence-electron chi connectivity index (χ4n) is 1.63. The van der Waals surface area contributed by atoms with Crippen molar-refractivity contribution in [3.05, 3.63) is 28.1 Å². The Balaban J connectivity index is 1.93. The largest absolute Gasteiger partial charge is 0.458 e. The lowest BCUT2D eigenvalue weighted by molar-refractivity contribution is -0.146. The van der Waals surface area contributed by atoms with Crippen molar-refractivity contribution in [3.63, 3.8) is 0 Å². The van der Waals surface area contributed by atoms with Crippen LogP contribution in [0.3, 0.4) is 0 Å². The van der Waals surface area contributed by atoms with Crippen molar-refractivity contribution in [2.45, 2.75) is 20.1 Å². The number of halogens is 1. The van der Waals surface area contributed by atoms with Gasteiger partial charge < -0.3 is 10.5 Å². The van der Waals surface area contributed by atoms with E-state index in [-0.39, 0.29) is 19.1 Å². The predicted molar refractivity (Wildman–Crippen MR) is 72.1 cm³/mol. The van der Waals surface area contributed by atoms with Crippen molar-refractivity contribution >= 4 is 27.7 Å². The highest BCUT2D eigenvalue weighted by Crippen LogP contribution is 2.20. The quantitative estimate of drug-likeness (QED) is 0.847. The zero-order valence-corrected chi connectivity index (χ0v) is 12.2. The minimum atomic E-state index is -0.381. The van der Waals surface area contributed by atoms with Crippen molar-refractivity contribution in [1.82, 2.24) is 19.6 Å². The fraction of sp³-hybridized carbons (Fsp3) is 0.364. The molecule has 102 valence electrons. The Kier molecular flexibility index (Phi) is 3.89. The summed E-state index contributed by atoms with van der Waals surface area (Å²) in [6.45, 7) is 2.07. The number of esters is 1. The molecule has 8 heteroatoms. The van der Waals surface area contributed by atoms with Crippen molar-refractivity contribution in [2.24, 2.45) is 7.05 Å². The number of hydrogen-bond donors (Lipinski definition) is 1. The molecule has 2 aromatic heterocycles. The van der Waals surface area contributed by atoms with E-state index in [1.165, 1.54) is 4.68 Å². The molecule has 2 rings (SSSR count). The van der Waals surface area contributed by atoms with Crippen LogP contribution in [0.5, 0.6) is 0 Å². The second-order valence-corrected chi connectivity index (χ2v) is 4.86. The molecular formula is C11H14BrN5O2. The van der Waals surface area contributed by atoms with E-state index < -0.39 is 0 Å². The van der Waals surface area contributed by atoms with Gasteiger partial charge in [-0.3, -0.25) is 14.2 Å². The molecule has 0 bridgehead atoms. The van der Waals surface area contributed by atoms with Crippen molar-refractivity contribution < 1.29 is 9.53 Å². The van der Waals surface area contributed by atoms with Gasteiger partial charge in [0.25, 0.3) is 0 Å². The Morgan fingerprint density at radius 1 is 1.53 bits per heavy atom. The molecule has 0 aliphatic heterocycles. The maximum atomic E-state index is 11.7. The molecule has 2 N–H and O–H groups in total. The van der Waals surface area contributed by atoms with E-state index in [2.05, 4.69) is 26.1 Å². The molecule has 19 heavy (non-hydrogen) atoms. The van der Waals surface area contributed by atoms with Crippen LogP contribution >= 0.6 is 15.9 Å². The summed E-state index contributed by atoms with van der Waals surface area (Å²) in [7, 11) is 1.80. The molecule has 0 unspecified atom stereocenters. The van der Waals surface area contributed by atoms with E-state index in [0.717, 1.165) is 15.9 Å². The number of aryl methyl sites for hydroxylation is 2. The molecule has 0 saturated heterocycles. The molecule has 0 radical (unpaired) electrons. The second-order valence-electron chi connectivity index (χ2n) is 4.07. The smallest absolute Gasteiger partial charge is 0.328 e. The molecule has 2 heterocycles. The molecule has 0 atom stereocenters. The maximum absolute atomic E-state index is 11.7. The Labute approximate surface area is 118 Å². The zero-order valence-electron chi connectivity index (χ0n) is 10.6. The summed E-state index contributed by atoms with van der Waals surface area (Å²) in [5.74, 6) is -0.00773. The predicted octanol–water partition coefficient (Wildman–Crippen LogP) is 1.01. The third-order valence-corrected chi connectivity index (χ3v) is 3.62. The van der Waals surface area contributed by atoms with E-state index in [1.54, 1.807) is 24.0 Å². The van der Waals surface area contributed by atoms with Crippen LogP contribution in [0, 0.1) is 6.92 Å². The van der Waals surface area contributed by atoms with Gasteiger partial charge in [0.15, 0.2) is 0 Å². The summed E-state index contributed by atoms with van der Waals surface area (Å²) in [5, 5.41) is 8.13. The van der Waals surface area contributed by atoms with Crippen molar-refractivity contribution in [1.29, 1.82) is 0 Å². The van der Waals surface area contributed by atoms with Crippen molar-refractivity contribution in [3.8, 4) is 0 Å². The first-order valence-corrected chi connectivity index (χ1v) is 6.39. The van der Waals surface area contributed by atoms with Crippen LogP contribution in [0.1, 0.15) is 11.4 Å². The molecule has 0 aliphatic carbocycles. The standard InChI is InChI=1S/C11H14BrN5O2/c1-7-11(12)8(16(2)14-7)6-19-10(18)5-17-4-3-9(13)15-17/h3-4H,5-6H2,1-2H3,(H2,13,15). The fourth-order valence-corrected chi connectivity index (χ4v) is 2.08. The van der Waals surface area contributed by atoms with E-state index >= 15 is 0 Å². The van der Waals surface area contributed by atoms with Crippen LogP contribution in [0.2, 0.25) is 0 Å². The highest BCUT2D eigenvalue weighted by Gasteiger charge is 2.13. The van der Waals surface area contributed by atoms with Gasteiger partial charge in [-0.2, -0.15) is 10.2 Å². The third-order valence-electron chi connectivity index (χ3n) is 2.58. The normalized spacial score (nSPS) is 10.7. The van der Waals surface area contributed by atoms with Gasteiger partial charge in [-0.15, -0.1) is 0 Å². The SMILES string of the molecule is Cc1nn(C)c(COC(=O)Cn2ccc(N)n2)c1Br. The van der Waals surface area contributed by atoms with E-state index in [4.69, 9.17) is 10.5 Å². The van der Waals surface area contributed by atoms with Crippen LogP contribution in [0.4, 0.5) is 5.82 Å². The van der Waals surface area contributed by atoms with Crippen LogP contribution in [0.15, 0.2) is 16.7 Å². The third kappa shape index (κ3) is 3.14. The Hall–Kier alpha value is -1.83. The molecule has 0 fully saturated rings. The summed E-state index contributed by atoms with van der Waals surface area (Å²) < 4.78 is 9.15. The average Bonchev–Trinajstić information content (AvgIpc) is 2.83. The van der Waals surface area contributed by atoms with Gasteiger partial charge in [-0.05, 0) is 28.9 Å². The lowest BCUT2D eigenvalue weighted by atomic mass is 10.4. The summed E-state index contributed by atoms with van der Waals surface area (Å²) >= 11 is 3.41. The van der Waals surface area contributed by atoms with Gasteiger partial charge in [0.1, 0.15) is 19.0 Å². The van der Waals surface area contributed by atoms with E-state index in [9.17, 15) is 4.79 Å². The Morgan fingerprint density at radius 3 is 2.79 bits per heavy atom. The summed E-state index contributed by atoms with van der Waals surface area (Å²) in [4.78, 5) is 11.7. The number of rotatable bonds is 4. The van der Waals surface area contributed by atoms with Crippen LogP contribution in [-0.2, 0) is 29.7 Å². The molecule has 0 aromatic carbocycles. The monoisotopic (exact) mass is 327 g/mol. The highest BCUT2D eigenvalue weighted by atomic mass is 79.9. The Morgan fingerprint density at radius 2 is 2.26 bits per heavy atom. The minimum absolute atomic E-state index is 0.0334.